The Hall–Kier alpha value is -3.57. The van der Waals surface area contributed by atoms with Crippen LogP contribution in [0.4, 0.5) is 19.3 Å². The van der Waals surface area contributed by atoms with Crippen LogP contribution in [0.1, 0.15) is 11.1 Å². The van der Waals surface area contributed by atoms with Gasteiger partial charge in [-0.1, -0.05) is 17.7 Å². The summed E-state index contributed by atoms with van der Waals surface area (Å²) in [7, 11) is -1.51. The molecule has 0 atom stereocenters. The number of benzene rings is 3. The van der Waals surface area contributed by atoms with E-state index in [4.69, 9.17) is 26.8 Å². The Bertz CT molecular complexity index is 1350. The van der Waals surface area contributed by atoms with Crippen LogP contribution in [0.15, 0.2) is 59.5 Å². The molecule has 0 aliphatic heterocycles. The second-order valence-corrected chi connectivity index (χ2v) is 9.83. The molecule has 36 heavy (non-hydrogen) atoms. The molecule has 0 radical (unpaired) electrons. The zero-order valence-electron chi connectivity index (χ0n) is 19.4. The number of nitrogens with zero attached hydrogens (tertiary/aromatic N) is 1. The summed E-state index contributed by atoms with van der Waals surface area (Å²) in [5.74, 6) is -1.07. The van der Waals surface area contributed by atoms with Gasteiger partial charge in [-0.05, 0) is 48.0 Å². The molecule has 8 nitrogen and oxygen atoms in total. The minimum absolute atomic E-state index is 0.114. The molecule has 12 heteroatoms. The van der Waals surface area contributed by atoms with Gasteiger partial charge in [-0.15, -0.1) is 0 Å². The molecule has 0 saturated heterocycles. The van der Waals surface area contributed by atoms with Crippen molar-refractivity contribution in [2.24, 2.45) is 5.73 Å². The molecular weight excluding hydrogens is 516 g/mol. The van der Waals surface area contributed by atoms with Crippen LogP contribution >= 0.6 is 11.6 Å². The number of hydrogen-bond acceptors (Lipinski definition) is 5. The van der Waals surface area contributed by atoms with Crippen molar-refractivity contribution in [3.8, 4) is 11.5 Å². The molecule has 0 aliphatic rings. The lowest BCUT2D eigenvalue weighted by atomic mass is 10.0. The van der Waals surface area contributed by atoms with E-state index in [1.165, 1.54) is 56.7 Å². The van der Waals surface area contributed by atoms with Crippen molar-refractivity contribution in [1.29, 1.82) is 0 Å². The highest BCUT2D eigenvalue weighted by Gasteiger charge is 2.28. The molecule has 0 heterocycles. The van der Waals surface area contributed by atoms with Crippen molar-refractivity contribution in [1.82, 2.24) is 5.32 Å². The summed E-state index contributed by atoms with van der Waals surface area (Å²) in [6.45, 7) is -0.383. The van der Waals surface area contributed by atoms with E-state index in [1.54, 1.807) is 0 Å². The van der Waals surface area contributed by atoms with Gasteiger partial charge >= 0.3 is 6.03 Å². The number of anilines is 1. The van der Waals surface area contributed by atoms with E-state index in [-0.39, 0.29) is 52.0 Å². The second-order valence-electron chi connectivity index (χ2n) is 7.54. The third-order valence-electron chi connectivity index (χ3n) is 5.30. The molecule has 192 valence electrons. The summed E-state index contributed by atoms with van der Waals surface area (Å²) in [5, 5.41) is 2.59. The Balaban J connectivity index is 2.15. The topological polar surface area (TPSA) is 111 Å². The van der Waals surface area contributed by atoms with Crippen LogP contribution in [0, 0.1) is 11.6 Å². The predicted molar refractivity (Wildman–Crippen MR) is 132 cm³/mol. The number of urea groups is 1. The van der Waals surface area contributed by atoms with Crippen LogP contribution in [0.3, 0.4) is 0 Å². The van der Waals surface area contributed by atoms with Crippen molar-refractivity contribution < 1.29 is 31.5 Å². The van der Waals surface area contributed by atoms with Gasteiger partial charge in [-0.25, -0.2) is 22.0 Å². The van der Waals surface area contributed by atoms with Gasteiger partial charge in [0.05, 0.1) is 31.3 Å². The summed E-state index contributed by atoms with van der Waals surface area (Å²) < 4.78 is 67.9. The van der Waals surface area contributed by atoms with Gasteiger partial charge in [0.15, 0.2) is 11.5 Å². The average molecular weight is 540 g/mol. The zero-order chi connectivity index (χ0) is 26.5. The van der Waals surface area contributed by atoms with Crippen molar-refractivity contribution in [2.75, 3.05) is 31.6 Å². The lowest BCUT2D eigenvalue weighted by molar-refractivity contribution is 0.249. The highest BCUT2D eigenvalue weighted by molar-refractivity contribution is 7.92. The van der Waals surface area contributed by atoms with Gasteiger partial charge in [-0.3, -0.25) is 4.31 Å². The number of ether oxygens (including phenoxy) is 2. The van der Waals surface area contributed by atoms with Crippen LogP contribution in [0.5, 0.6) is 11.5 Å². The Morgan fingerprint density at radius 1 is 1.03 bits per heavy atom. The maximum Gasteiger partial charge on any atom is 0.312 e. The summed E-state index contributed by atoms with van der Waals surface area (Å²) in [5.41, 5.74) is 5.25. The number of carbonyl (C=O) groups excluding carboxylic acids is 1. The molecule has 2 amide bonds. The monoisotopic (exact) mass is 539 g/mol. The van der Waals surface area contributed by atoms with Gasteiger partial charge in [0.1, 0.15) is 11.6 Å². The highest BCUT2D eigenvalue weighted by atomic mass is 35.5. The smallest absolute Gasteiger partial charge is 0.312 e. The zero-order valence-corrected chi connectivity index (χ0v) is 21.0. The first-order valence-electron chi connectivity index (χ1n) is 10.6. The lowest BCUT2D eigenvalue weighted by Gasteiger charge is -2.27. The maximum atomic E-state index is 14.4. The van der Waals surface area contributed by atoms with Gasteiger partial charge in [0, 0.05) is 29.6 Å². The van der Waals surface area contributed by atoms with E-state index in [2.05, 4.69) is 5.32 Å². The van der Waals surface area contributed by atoms with Crippen LogP contribution < -0.4 is 24.8 Å². The molecular formula is C24H24ClF2N3O5S. The molecule has 0 aromatic heterocycles. The summed E-state index contributed by atoms with van der Waals surface area (Å²) >= 11 is 6.16. The van der Waals surface area contributed by atoms with Crippen molar-refractivity contribution in [2.45, 2.75) is 11.3 Å². The molecule has 3 N–H and O–H groups in total. The number of halogens is 3. The Labute approximate surface area is 212 Å². The van der Waals surface area contributed by atoms with Gasteiger partial charge in [-0.2, -0.15) is 0 Å². The summed E-state index contributed by atoms with van der Waals surface area (Å²) in [6.07, 6.45) is -0.282. The Morgan fingerprint density at radius 2 is 1.69 bits per heavy atom. The van der Waals surface area contributed by atoms with Crippen LogP contribution in [0.25, 0.3) is 0 Å². The molecule has 3 rings (SSSR count). The molecule has 0 aliphatic carbocycles. The number of amides is 2. The number of methoxy groups -OCH3 is 2. The van der Waals surface area contributed by atoms with Crippen molar-refractivity contribution >= 4 is 33.3 Å². The number of sulfonamides is 1. The third-order valence-corrected chi connectivity index (χ3v) is 7.34. The highest BCUT2D eigenvalue weighted by Crippen LogP contribution is 2.35. The number of nitrogens with one attached hydrogen (secondary N) is 1. The van der Waals surface area contributed by atoms with E-state index >= 15 is 0 Å². The van der Waals surface area contributed by atoms with Crippen LogP contribution in [0.2, 0.25) is 5.02 Å². The van der Waals surface area contributed by atoms with E-state index in [0.717, 1.165) is 16.4 Å². The van der Waals surface area contributed by atoms with Crippen LogP contribution in [-0.4, -0.2) is 41.8 Å². The molecule has 0 unspecified atom stereocenters. The van der Waals surface area contributed by atoms with E-state index in [1.807, 2.05) is 0 Å². The number of nitrogens with two attached hydrogens (primary N) is 1. The minimum Gasteiger partial charge on any atom is -0.493 e. The summed E-state index contributed by atoms with van der Waals surface area (Å²) in [6, 6.07) is 11.0. The fourth-order valence-corrected chi connectivity index (χ4v) is 5.30. The number of rotatable bonds is 10. The van der Waals surface area contributed by atoms with Crippen molar-refractivity contribution in [3.63, 3.8) is 0 Å². The lowest BCUT2D eigenvalue weighted by Crippen LogP contribution is -2.40. The first-order chi connectivity index (χ1) is 17.1. The largest absolute Gasteiger partial charge is 0.493 e. The third kappa shape index (κ3) is 5.97. The van der Waals surface area contributed by atoms with Crippen molar-refractivity contribution in [3.05, 3.63) is 82.4 Å². The van der Waals surface area contributed by atoms with Gasteiger partial charge in [0.25, 0.3) is 10.0 Å². The summed E-state index contributed by atoms with van der Waals surface area (Å²) in [4.78, 5) is 11.1. The molecule has 3 aromatic carbocycles. The number of primary amides is 1. The maximum absolute atomic E-state index is 14.4. The molecule has 0 saturated carbocycles. The second kappa shape index (κ2) is 11.4. The first kappa shape index (κ1) is 27.0. The van der Waals surface area contributed by atoms with Gasteiger partial charge in [0.2, 0.25) is 0 Å². The molecule has 0 spiro atoms. The normalized spacial score (nSPS) is 11.1. The fraction of sp³-hybridized carbons (Fsp3) is 0.208. The first-order valence-corrected chi connectivity index (χ1v) is 12.4. The Morgan fingerprint density at radius 3 is 2.31 bits per heavy atom. The van der Waals surface area contributed by atoms with E-state index in [9.17, 15) is 22.0 Å². The average Bonchev–Trinajstić information content (AvgIpc) is 2.84. The van der Waals surface area contributed by atoms with Crippen LogP contribution in [-0.2, 0) is 16.4 Å². The minimum atomic E-state index is -4.28. The van der Waals surface area contributed by atoms with Gasteiger partial charge < -0.3 is 20.5 Å². The predicted octanol–water partition coefficient (Wildman–Crippen LogP) is 4.09. The number of carbonyl (C=O) groups is 1. The quantitative estimate of drug-likeness (QED) is 0.403. The number of hydrogen-bond donors (Lipinski definition) is 2. The standard InChI is InChI=1S/C24H24ClF2N3O5S/c1-34-22-9-7-17(14-23(22)35-2)36(32,33)30(11-10-29-24(28)31)21-8-6-16(25)12-15(21)13-18-19(26)4-3-5-20(18)27/h3-9,12,14H,10-11,13H2,1-2H3,(H3,28,29,31). The Kier molecular flexibility index (Phi) is 8.59. The fourth-order valence-electron chi connectivity index (χ4n) is 3.59. The molecule has 0 bridgehead atoms. The van der Waals surface area contributed by atoms with E-state index in [0.29, 0.717) is 5.75 Å². The molecule has 3 aromatic rings. The van der Waals surface area contributed by atoms with E-state index < -0.39 is 27.7 Å². The SMILES string of the molecule is COc1ccc(S(=O)(=O)N(CCNC(N)=O)c2ccc(Cl)cc2Cc2c(F)cccc2F)cc1OC. The molecule has 0 fully saturated rings.